The first-order valence-electron chi connectivity index (χ1n) is 8.97. The van der Waals surface area contributed by atoms with Crippen molar-refractivity contribution in [3.63, 3.8) is 0 Å². The number of benzene rings is 3. The van der Waals surface area contributed by atoms with Crippen LogP contribution in [-0.4, -0.2) is 13.4 Å². The van der Waals surface area contributed by atoms with Gasteiger partial charge < -0.3 is 9.15 Å². The van der Waals surface area contributed by atoms with Crippen LogP contribution in [0.25, 0.3) is 22.6 Å². The Labute approximate surface area is 178 Å². The van der Waals surface area contributed by atoms with Crippen LogP contribution < -0.4 is 9.88 Å². The number of nitrogens with zero attached hydrogens (tertiary/aromatic N) is 1. The quantitative estimate of drug-likeness (QED) is 0.460. The maximum Gasteiger partial charge on any atom is 0.238 e. The molecular formula is C22H17ClN2O4S. The smallest absolute Gasteiger partial charge is 0.238 e. The van der Waals surface area contributed by atoms with Gasteiger partial charge in [-0.1, -0.05) is 54.1 Å². The first kappa shape index (κ1) is 20.2. The number of aromatic nitrogens is 1. The van der Waals surface area contributed by atoms with Crippen LogP contribution in [0.5, 0.6) is 5.75 Å². The van der Waals surface area contributed by atoms with Gasteiger partial charge in [0.15, 0.2) is 12.4 Å². The number of sulfonamides is 1. The summed E-state index contributed by atoms with van der Waals surface area (Å²) in [6.07, 6.45) is 0. The van der Waals surface area contributed by atoms with E-state index < -0.39 is 10.0 Å². The summed E-state index contributed by atoms with van der Waals surface area (Å²) in [7, 11) is -3.78. The molecule has 30 heavy (non-hydrogen) atoms. The number of hydrogen-bond acceptors (Lipinski definition) is 5. The van der Waals surface area contributed by atoms with Crippen molar-refractivity contribution in [1.82, 2.24) is 4.98 Å². The third-order valence-electron chi connectivity index (χ3n) is 4.35. The summed E-state index contributed by atoms with van der Waals surface area (Å²) in [6, 6.07) is 22.8. The van der Waals surface area contributed by atoms with Crippen molar-refractivity contribution in [3.8, 4) is 28.3 Å². The standard InChI is InChI=1S/C22H17ClN2O4S/c23-18-8-4-5-9-19(18)28-14-20-25-21(15-6-2-1-3-7-15)22(29-20)16-10-12-17(13-11-16)30(24,26)27/h1-13H,14H2,(H2,24,26,27). The molecule has 2 N–H and O–H groups in total. The number of oxazole rings is 1. The molecule has 0 unspecified atom stereocenters. The van der Waals surface area contributed by atoms with Gasteiger partial charge >= 0.3 is 0 Å². The Balaban J connectivity index is 1.70. The zero-order valence-corrected chi connectivity index (χ0v) is 17.2. The Morgan fingerprint density at radius 3 is 2.23 bits per heavy atom. The first-order chi connectivity index (χ1) is 14.4. The van der Waals surface area contributed by atoms with Gasteiger partial charge in [0.25, 0.3) is 0 Å². The van der Waals surface area contributed by atoms with E-state index in [1.54, 1.807) is 24.3 Å². The van der Waals surface area contributed by atoms with Crippen molar-refractivity contribution in [2.45, 2.75) is 11.5 Å². The van der Waals surface area contributed by atoms with Gasteiger partial charge in [0.1, 0.15) is 11.4 Å². The van der Waals surface area contributed by atoms with Gasteiger partial charge in [0.05, 0.1) is 9.92 Å². The van der Waals surface area contributed by atoms with Crippen LogP contribution in [-0.2, 0) is 16.6 Å². The van der Waals surface area contributed by atoms with Crippen LogP contribution in [0.2, 0.25) is 5.02 Å². The van der Waals surface area contributed by atoms with Crippen LogP contribution in [0, 0.1) is 0 Å². The molecule has 6 nitrogen and oxygen atoms in total. The molecule has 152 valence electrons. The molecule has 0 fully saturated rings. The van der Waals surface area contributed by atoms with E-state index in [0.29, 0.717) is 33.7 Å². The molecule has 0 radical (unpaired) electrons. The minimum atomic E-state index is -3.78. The highest BCUT2D eigenvalue weighted by Crippen LogP contribution is 2.34. The lowest BCUT2D eigenvalue weighted by Crippen LogP contribution is -2.11. The van der Waals surface area contributed by atoms with Gasteiger partial charge in [-0.25, -0.2) is 18.5 Å². The molecule has 1 heterocycles. The second-order valence-corrected chi connectivity index (χ2v) is 8.41. The van der Waals surface area contributed by atoms with Crippen LogP contribution in [0.3, 0.4) is 0 Å². The molecule has 0 aliphatic rings. The normalized spacial score (nSPS) is 11.4. The molecule has 4 rings (SSSR count). The average Bonchev–Trinajstić information content (AvgIpc) is 3.18. The molecule has 0 aliphatic carbocycles. The molecule has 4 aromatic rings. The van der Waals surface area contributed by atoms with E-state index >= 15 is 0 Å². The van der Waals surface area contributed by atoms with Gasteiger partial charge in [0, 0.05) is 11.1 Å². The van der Waals surface area contributed by atoms with Crippen molar-refractivity contribution in [2.75, 3.05) is 0 Å². The summed E-state index contributed by atoms with van der Waals surface area (Å²) < 4.78 is 34.8. The van der Waals surface area contributed by atoms with E-state index in [1.165, 1.54) is 12.1 Å². The van der Waals surface area contributed by atoms with Crippen LogP contribution >= 0.6 is 11.6 Å². The number of primary sulfonamides is 1. The second kappa shape index (κ2) is 8.31. The largest absolute Gasteiger partial charge is 0.482 e. The molecule has 0 saturated heterocycles. The minimum Gasteiger partial charge on any atom is -0.482 e. The maximum absolute atomic E-state index is 11.5. The predicted molar refractivity (Wildman–Crippen MR) is 115 cm³/mol. The molecule has 0 saturated carbocycles. The SMILES string of the molecule is NS(=O)(=O)c1ccc(-c2oc(COc3ccccc3Cl)nc2-c2ccccc2)cc1. The maximum atomic E-state index is 11.5. The predicted octanol–water partition coefficient (Wildman–Crippen LogP) is 4.89. The van der Waals surface area contributed by atoms with Crippen molar-refractivity contribution >= 4 is 21.6 Å². The Hall–Kier alpha value is -3.13. The van der Waals surface area contributed by atoms with E-state index in [0.717, 1.165) is 5.56 Å². The molecule has 0 atom stereocenters. The Kier molecular flexibility index (Phi) is 5.59. The summed E-state index contributed by atoms with van der Waals surface area (Å²) in [5.41, 5.74) is 2.14. The molecule has 0 aliphatic heterocycles. The third kappa shape index (κ3) is 4.38. The van der Waals surface area contributed by atoms with Crippen LogP contribution in [0.1, 0.15) is 5.89 Å². The fourth-order valence-corrected chi connectivity index (χ4v) is 3.62. The van der Waals surface area contributed by atoms with E-state index in [9.17, 15) is 8.42 Å². The van der Waals surface area contributed by atoms with E-state index in [-0.39, 0.29) is 11.5 Å². The molecular weight excluding hydrogens is 424 g/mol. The highest BCUT2D eigenvalue weighted by atomic mass is 35.5. The summed E-state index contributed by atoms with van der Waals surface area (Å²) in [6.45, 7) is 0.0822. The zero-order valence-electron chi connectivity index (χ0n) is 15.7. The fraction of sp³-hybridized carbons (Fsp3) is 0.0455. The number of nitrogens with two attached hydrogens (primary N) is 1. The van der Waals surface area contributed by atoms with Gasteiger partial charge in [-0.3, -0.25) is 0 Å². The van der Waals surface area contributed by atoms with Gasteiger partial charge in [0.2, 0.25) is 15.9 Å². The highest BCUT2D eigenvalue weighted by Gasteiger charge is 2.18. The summed E-state index contributed by atoms with van der Waals surface area (Å²) in [4.78, 5) is 4.62. The van der Waals surface area contributed by atoms with Crippen LogP contribution in [0.4, 0.5) is 0 Å². The van der Waals surface area contributed by atoms with Crippen molar-refractivity contribution in [1.29, 1.82) is 0 Å². The summed E-state index contributed by atoms with van der Waals surface area (Å²) in [5, 5.41) is 5.68. The van der Waals surface area contributed by atoms with Crippen molar-refractivity contribution < 1.29 is 17.6 Å². The van der Waals surface area contributed by atoms with Gasteiger partial charge in [-0.2, -0.15) is 0 Å². The Morgan fingerprint density at radius 1 is 0.900 bits per heavy atom. The van der Waals surface area contributed by atoms with Gasteiger partial charge in [-0.05, 0) is 36.4 Å². The molecule has 0 spiro atoms. The van der Waals surface area contributed by atoms with E-state index in [2.05, 4.69) is 4.98 Å². The molecule has 8 heteroatoms. The number of ether oxygens (including phenoxy) is 1. The number of hydrogen-bond donors (Lipinski definition) is 1. The van der Waals surface area contributed by atoms with E-state index in [4.69, 9.17) is 25.9 Å². The number of para-hydroxylation sites is 1. The van der Waals surface area contributed by atoms with Crippen molar-refractivity contribution in [3.05, 3.63) is 89.8 Å². The molecule has 0 bridgehead atoms. The number of halogens is 1. The third-order valence-corrected chi connectivity index (χ3v) is 5.59. The zero-order chi connectivity index (χ0) is 21.1. The Morgan fingerprint density at radius 2 is 1.57 bits per heavy atom. The van der Waals surface area contributed by atoms with E-state index in [1.807, 2.05) is 42.5 Å². The monoisotopic (exact) mass is 440 g/mol. The minimum absolute atomic E-state index is 0.0225. The van der Waals surface area contributed by atoms with Gasteiger partial charge in [-0.15, -0.1) is 0 Å². The highest BCUT2D eigenvalue weighted by molar-refractivity contribution is 7.89. The lowest BCUT2D eigenvalue weighted by Gasteiger charge is -2.05. The van der Waals surface area contributed by atoms with Crippen molar-refractivity contribution in [2.24, 2.45) is 5.14 Å². The Bertz CT molecular complexity index is 1270. The topological polar surface area (TPSA) is 95.4 Å². The summed E-state index contributed by atoms with van der Waals surface area (Å²) in [5.74, 6) is 1.39. The lowest BCUT2D eigenvalue weighted by molar-refractivity contribution is 0.265. The molecule has 1 aromatic heterocycles. The summed E-state index contributed by atoms with van der Waals surface area (Å²) >= 11 is 6.14. The second-order valence-electron chi connectivity index (χ2n) is 6.44. The molecule has 0 amide bonds. The first-order valence-corrected chi connectivity index (χ1v) is 10.9. The lowest BCUT2D eigenvalue weighted by atomic mass is 10.1. The van der Waals surface area contributed by atoms with Crippen LogP contribution in [0.15, 0.2) is 88.2 Å². The number of rotatable bonds is 6. The molecule has 3 aromatic carbocycles. The average molecular weight is 441 g/mol. The fourth-order valence-electron chi connectivity index (χ4n) is 2.91.